The number of fused-ring (bicyclic) bond motifs is 1. The Labute approximate surface area is 147 Å². The van der Waals surface area contributed by atoms with Gasteiger partial charge in [0.1, 0.15) is 17.2 Å². The van der Waals surface area contributed by atoms with Gasteiger partial charge in [0.2, 0.25) is 5.88 Å². The maximum atomic E-state index is 13.6. The summed E-state index contributed by atoms with van der Waals surface area (Å²) in [6.07, 6.45) is 4.15. The van der Waals surface area contributed by atoms with E-state index in [4.69, 9.17) is 0 Å². The number of halogens is 1. The van der Waals surface area contributed by atoms with E-state index in [0.717, 1.165) is 12.6 Å². The zero-order chi connectivity index (χ0) is 18.4. The summed E-state index contributed by atoms with van der Waals surface area (Å²) in [5.41, 5.74) is 1.08. The third kappa shape index (κ3) is 2.52. The van der Waals surface area contributed by atoms with Crippen LogP contribution in [0.15, 0.2) is 24.5 Å². The summed E-state index contributed by atoms with van der Waals surface area (Å²) in [6.45, 7) is 2.27. The van der Waals surface area contributed by atoms with Crippen molar-refractivity contribution >= 4 is 17.4 Å². The van der Waals surface area contributed by atoms with Crippen LogP contribution in [0.1, 0.15) is 40.5 Å². The molecule has 2 N–H and O–H groups in total. The number of aromatic nitrogens is 4. The smallest absolute Gasteiger partial charge is 0.341 e. The van der Waals surface area contributed by atoms with Gasteiger partial charge in [0, 0.05) is 18.3 Å². The number of rotatable bonds is 3. The molecule has 1 fully saturated rings. The van der Waals surface area contributed by atoms with Crippen LogP contribution in [-0.4, -0.2) is 42.3 Å². The highest BCUT2D eigenvalue weighted by molar-refractivity contribution is 5.95. The van der Waals surface area contributed by atoms with E-state index in [1.54, 1.807) is 19.2 Å². The molecule has 1 atom stereocenters. The SMILES string of the molecule is Cc1nn2ccc(N3CCCC3c3cc(F)cnc3O)nc2c1C(=O)O. The molecule has 4 rings (SSSR count). The summed E-state index contributed by atoms with van der Waals surface area (Å²) in [6, 6.07) is 2.72. The van der Waals surface area contributed by atoms with Crippen LogP contribution in [0.3, 0.4) is 0 Å². The summed E-state index contributed by atoms with van der Waals surface area (Å²) in [5.74, 6) is -1.28. The van der Waals surface area contributed by atoms with Gasteiger partial charge in [-0.2, -0.15) is 5.10 Å². The molecule has 1 aliphatic rings. The highest BCUT2D eigenvalue weighted by atomic mass is 19.1. The van der Waals surface area contributed by atoms with E-state index in [1.807, 2.05) is 4.90 Å². The average molecular weight is 357 g/mol. The van der Waals surface area contributed by atoms with Gasteiger partial charge in [-0.3, -0.25) is 0 Å². The van der Waals surface area contributed by atoms with Gasteiger partial charge in [-0.05, 0) is 31.9 Å². The van der Waals surface area contributed by atoms with Crippen molar-refractivity contribution in [1.29, 1.82) is 0 Å². The minimum atomic E-state index is -1.09. The van der Waals surface area contributed by atoms with Crippen LogP contribution < -0.4 is 4.90 Å². The molecular formula is C17H16FN5O3. The summed E-state index contributed by atoms with van der Waals surface area (Å²) < 4.78 is 15.0. The molecular weight excluding hydrogens is 341 g/mol. The lowest BCUT2D eigenvalue weighted by Gasteiger charge is -2.26. The van der Waals surface area contributed by atoms with Gasteiger partial charge in [0.05, 0.1) is 17.9 Å². The molecule has 134 valence electrons. The molecule has 0 spiro atoms. The predicted octanol–water partition coefficient (Wildman–Crippen LogP) is 2.32. The fourth-order valence-corrected chi connectivity index (χ4v) is 3.50. The number of carboxylic acid groups (broad SMARTS) is 1. The molecule has 1 saturated heterocycles. The maximum Gasteiger partial charge on any atom is 0.341 e. The number of pyridine rings is 1. The molecule has 0 aliphatic carbocycles. The van der Waals surface area contributed by atoms with E-state index in [1.165, 1.54) is 10.6 Å². The minimum Gasteiger partial charge on any atom is -0.493 e. The van der Waals surface area contributed by atoms with Crippen molar-refractivity contribution < 1.29 is 19.4 Å². The summed E-state index contributed by atoms with van der Waals surface area (Å²) >= 11 is 0. The molecule has 3 aromatic heterocycles. The summed E-state index contributed by atoms with van der Waals surface area (Å²) in [5, 5.41) is 23.6. The number of aryl methyl sites for hydroxylation is 1. The van der Waals surface area contributed by atoms with Crippen molar-refractivity contribution in [2.75, 3.05) is 11.4 Å². The van der Waals surface area contributed by atoms with Gasteiger partial charge in [0.25, 0.3) is 0 Å². The molecule has 9 heteroatoms. The molecule has 4 heterocycles. The normalized spacial score (nSPS) is 17.2. The van der Waals surface area contributed by atoms with Crippen LogP contribution in [0, 0.1) is 12.7 Å². The Hall–Kier alpha value is -3.23. The van der Waals surface area contributed by atoms with Crippen LogP contribution >= 0.6 is 0 Å². The molecule has 1 aliphatic heterocycles. The number of carboxylic acids is 1. The number of hydrogen-bond donors (Lipinski definition) is 2. The third-order valence-electron chi connectivity index (χ3n) is 4.63. The number of aromatic carboxylic acids is 1. The number of hydrogen-bond acceptors (Lipinski definition) is 6. The molecule has 0 bridgehead atoms. The molecule has 0 radical (unpaired) electrons. The zero-order valence-corrected chi connectivity index (χ0v) is 13.9. The van der Waals surface area contributed by atoms with Crippen molar-refractivity contribution in [3.05, 3.63) is 47.2 Å². The molecule has 0 amide bonds. The monoisotopic (exact) mass is 357 g/mol. The first-order chi connectivity index (χ1) is 12.5. The molecule has 26 heavy (non-hydrogen) atoms. The highest BCUT2D eigenvalue weighted by Crippen LogP contribution is 2.38. The Morgan fingerprint density at radius 1 is 1.42 bits per heavy atom. The van der Waals surface area contributed by atoms with Crippen molar-refractivity contribution in [2.24, 2.45) is 0 Å². The lowest BCUT2D eigenvalue weighted by molar-refractivity contribution is 0.0698. The Balaban J connectivity index is 1.80. The first-order valence-electron chi connectivity index (χ1n) is 8.16. The van der Waals surface area contributed by atoms with Crippen LogP contribution in [-0.2, 0) is 0 Å². The van der Waals surface area contributed by atoms with E-state index in [2.05, 4.69) is 15.1 Å². The Bertz CT molecular complexity index is 1020. The van der Waals surface area contributed by atoms with Gasteiger partial charge in [0.15, 0.2) is 5.65 Å². The van der Waals surface area contributed by atoms with Crippen molar-refractivity contribution in [3.63, 3.8) is 0 Å². The molecule has 1 unspecified atom stereocenters. The van der Waals surface area contributed by atoms with E-state index in [9.17, 15) is 19.4 Å². The number of carbonyl (C=O) groups is 1. The van der Waals surface area contributed by atoms with Gasteiger partial charge < -0.3 is 15.1 Å². The second kappa shape index (κ2) is 5.94. The largest absolute Gasteiger partial charge is 0.493 e. The van der Waals surface area contributed by atoms with E-state index < -0.39 is 11.8 Å². The lowest BCUT2D eigenvalue weighted by atomic mass is 10.1. The quantitative estimate of drug-likeness (QED) is 0.741. The molecule has 0 aromatic carbocycles. The van der Waals surface area contributed by atoms with Crippen molar-refractivity contribution in [2.45, 2.75) is 25.8 Å². The van der Waals surface area contributed by atoms with Crippen molar-refractivity contribution in [1.82, 2.24) is 19.6 Å². The van der Waals surface area contributed by atoms with E-state index >= 15 is 0 Å². The molecule has 0 saturated carbocycles. The van der Waals surface area contributed by atoms with Gasteiger partial charge in [-0.25, -0.2) is 23.7 Å². The van der Waals surface area contributed by atoms with Crippen LogP contribution in [0.2, 0.25) is 0 Å². The second-order valence-electron chi connectivity index (χ2n) is 6.24. The Morgan fingerprint density at radius 3 is 3.00 bits per heavy atom. The third-order valence-corrected chi connectivity index (χ3v) is 4.63. The van der Waals surface area contributed by atoms with E-state index in [0.29, 0.717) is 30.0 Å². The highest BCUT2D eigenvalue weighted by Gasteiger charge is 2.30. The zero-order valence-electron chi connectivity index (χ0n) is 13.9. The summed E-state index contributed by atoms with van der Waals surface area (Å²) in [7, 11) is 0. The predicted molar refractivity (Wildman–Crippen MR) is 89.9 cm³/mol. The van der Waals surface area contributed by atoms with Gasteiger partial charge in [-0.1, -0.05) is 0 Å². The van der Waals surface area contributed by atoms with Crippen LogP contribution in [0.5, 0.6) is 5.88 Å². The topological polar surface area (TPSA) is 104 Å². The Kier molecular flexibility index (Phi) is 3.71. The van der Waals surface area contributed by atoms with Crippen molar-refractivity contribution in [3.8, 4) is 5.88 Å². The number of anilines is 1. The fourth-order valence-electron chi connectivity index (χ4n) is 3.50. The fraction of sp³-hybridized carbons (Fsp3) is 0.294. The van der Waals surface area contributed by atoms with Gasteiger partial charge in [-0.15, -0.1) is 0 Å². The molecule has 3 aromatic rings. The summed E-state index contributed by atoms with van der Waals surface area (Å²) in [4.78, 5) is 21.6. The molecule has 8 nitrogen and oxygen atoms in total. The van der Waals surface area contributed by atoms with Crippen LogP contribution in [0.4, 0.5) is 10.2 Å². The van der Waals surface area contributed by atoms with Crippen LogP contribution in [0.25, 0.3) is 5.65 Å². The standard InChI is InChI=1S/C17H16FN5O3/c1-9-14(17(25)26)15-20-13(4-6-23(15)21-9)22-5-2-3-12(22)11-7-10(18)8-19-16(11)24/h4,6-8,12H,2-3,5H2,1H3,(H,19,24)(H,25,26). The second-order valence-corrected chi connectivity index (χ2v) is 6.24. The first kappa shape index (κ1) is 16.2. The lowest BCUT2D eigenvalue weighted by Crippen LogP contribution is -2.24. The first-order valence-corrected chi connectivity index (χ1v) is 8.16. The Morgan fingerprint density at radius 2 is 2.23 bits per heavy atom. The number of nitrogens with zero attached hydrogens (tertiary/aromatic N) is 5. The average Bonchev–Trinajstić information content (AvgIpc) is 3.19. The maximum absolute atomic E-state index is 13.6. The van der Waals surface area contributed by atoms with E-state index in [-0.39, 0.29) is 23.1 Å². The minimum absolute atomic E-state index is 0.0536. The number of aromatic hydroxyl groups is 1. The van der Waals surface area contributed by atoms with Gasteiger partial charge >= 0.3 is 5.97 Å².